The van der Waals surface area contributed by atoms with E-state index in [0.717, 1.165) is 30.8 Å². The van der Waals surface area contributed by atoms with Crippen LogP contribution in [0.25, 0.3) is 11.0 Å². The molecule has 3 heterocycles. The summed E-state index contributed by atoms with van der Waals surface area (Å²) < 4.78 is 39.8. The molecular formula is C16H15F3N6. The molecule has 0 amide bonds. The van der Waals surface area contributed by atoms with Crippen LogP contribution in [0.15, 0.2) is 30.7 Å². The van der Waals surface area contributed by atoms with Crippen molar-refractivity contribution in [1.82, 2.24) is 19.9 Å². The molecule has 4 rings (SSSR count). The number of aromatic amines is 1. The van der Waals surface area contributed by atoms with Crippen LogP contribution in [0.1, 0.15) is 24.8 Å². The van der Waals surface area contributed by atoms with Gasteiger partial charge in [0.15, 0.2) is 0 Å². The molecule has 0 saturated heterocycles. The van der Waals surface area contributed by atoms with Crippen molar-refractivity contribution in [2.24, 2.45) is 0 Å². The van der Waals surface area contributed by atoms with E-state index in [0.29, 0.717) is 11.3 Å². The molecule has 3 aromatic rings. The number of H-pyrrole nitrogens is 1. The van der Waals surface area contributed by atoms with E-state index in [1.54, 1.807) is 18.3 Å². The fraction of sp³-hybridized carbons (Fsp3) is 0.312. The predicted molar refractivity (Wildman–Crippen MR) is 87.7 cm³/mol. The Bertz CT molecular complexity index is 900. The van der Waals surface area contributed by atoms with Gasteiger partial charge in [0.25, 0.3) is 0 Å². The van der Waals surface area contributed by atoms with E-state index in [1.807, 2.05) is 0 Å². The van der Waals surface area contributed by atoms with Crippen molar-refractivity contribution in [2.75, 3.05) is 10.6 Å². The third kappa shape index (κ3) is 3.21. The highest BCUT2D eigenvalue weighted by molar-refractivity contribution is 5.80. The minimum absolute atomic E-state index is 0.191. The summed E-state index contributed by atoms with van der Waals surface area (Å²) in [6.07, 6.45) is 2.48. The van der Waals surface area contributed by atoms with E-state index in [1.165, 1.54) is 6.20 Å². The number of hydrogen-bond donors (Lipinski definition) is 3. The van der Waals surface area contributed by atoms with Crippen LogP contribution in [-0.4, -0.2) is 26.0 Å². The third-order valence-electron chi connectivity index (χ3n) is 4.20. The summed E-state index contributed by atoms with van der Waals surface area (Å²) in [7, 11) is 0. The Kier molecular flexibility index (Phi) is 3.70. The molecule has 0 bridgehead atoms. The van der Waals surface area contributed by atoms with Gasteiger partial charge in [-0.05, 0) is 31.4 Å². The second-order valence-electron chi connectivity index (χ2n) is 5.99. The second-order valence-corrected chi connectivity index (χ2v) is 5.99. The zero-order valence-corrected chi connectivity index (χ0v) is 13.1. The van der Waals surface area contributed by atoms with Gasteiger partial charge < -0.3 is 15.6 Å². The Morgan fingerprint density at radius 1 is 1.16 bits per heavy atom. The summed E-state index contributed by atoms with van der Waals surface area (Å²) in [5, 5.41) is 6.57. The molecule has 130 valence electrons. The van der Waals surface area contributed by atoms with E-state index in [2.05, 4.69) is 30.6 Å². The van der Waals surface area contributed by atoms with Crippen LogP contribution in [0.4, 0.5) is 30.6 Å². The molecule has 1 saturated carbocycles. The largest absolute Gasteiger partial charge is 0.421 e. The molecular weight excluding hydrogens is 333 g/mol. The summed E-state index contributed by atoms with van der Waals surface area (Å²) >= 11 is 0. The van der Waals surface area contributed by atoms with E-state index >= 15 is 0 Å². The van der Waals surface area contributed by atoms with Crippen molar-refractivity contribution >= 4 is 28.5 Å². The predicted octanol–water partition coefficient (Wildman–Crippen LogP) is 4.08. The van der Waals surface area contributed by atoms with Crippen molar-refractivity contribution in [1.29, 1.82) is 0 Å². The highest BCUT2D eigenvalue weighted by atomic mass is 19.4. The fourth-order valence-corrected chi connectivity index (χ4v) is 2.63. The molecule has 3 N–H and O–H groups in total. The number of fused-ring (bicyclic) bond motifs is 1. The maximum atomic E-state index is 13.3. The van der Waals surface area contributed by atoms with Gasteiger partial charge in [0.2, 0.25) is 5.95 Å². The first-order chi connectivity index (χ1) is 12.0. The number of nitrogens with zero attached hydrogens (tertiary/aromatic N) is 3. The van der Waals surface area contributed by atoms with Gasteiger partial charge in [-0.1, -0.05) is 0 Å². The van der Waals surface area contributed by atoms with Crippen LogP contribution in [-0.2, 0) is 6.18 Å². The number of rotatable bonds is 4. The Labute approximate surface area is 140 Å². The van der Waals surface area contributed by atoms with Crippen molar-refractivity contribution in [3.05, 3.63) is 36.3 Å². The molecule has 0 aromatic carbocycles. The highest BCUT2D eigenvalue weighted by Crippen LogP contribution is 2.35. The van der Waals surface area contributed by atoms with Crippen LogP contribution in [0, 0.1) is 0 Å². The van der Waals surface area contributed by atoms with Gasteiger partial charge in [-0.2, -0.15) is 18.2 Å². The van der Waals surface area contributed by atoms with Gasteiger partial charge in [-0.25, -0.2) is 9.97 Å². The lowest BCUT2D eigenvalue weighted by atomic mass is 9.93. The van der Waals surface area contributed by atoms with Crippen molar-refractivity contribution in [3.63, 3.8) is 0 Å². The number of hydrogen-bond acceptors (Lipinski definition) is 5. The number of nitrogens with one attached hydrogen (secondary N) is 3. The maximum absolute atomic E-state index is 13.3. The molecule has 0 radical (unpaired) electrons. The van der Waals surface area contributed by atoms with Gasteiger partial charge in [-0.15, -0.1) is 0 Å². The lowest BCUT2D eigenvalue weighted by Gasteiger charge is -2.26. The molecule has 0 unspecified atom stereocenters. The normalized spacial score (nSPS) is 15.2. The molecule has 6 nitrogen and oxygen atoms in total. The van der Waals surface area contributed by atoms with Gasteiger partial charge in [-0.3, -0.25) is 0 Å². The van der Waals surface area contributed by atoms with Crippen LogP contribution in [0.5, 0.6) is 0 Å². The van der Waals surface area contributed by atoms with E-state index in [-0.39, 0.29) is 17.8 Å². The third-order valence-corrected chi connectivity index (χ3v) is 4.20. The molecule has 1 aliphatic carbocycles. The second kappa shape index (κ2) is 5.91. The summed E-state index contributed by atoms with van der Waals surface area (Å²) in [6.45, 7) is 0. The standard InChI is InChI=1S/C16H15F3N6/c17-16(18,19)12-8-22-15(24-10-2-1-3-10)25-14(12)23-11-6-9-4-5-20-13(9)21-7-11/h4-8,10H,1-3H2,(H,20,21)(H2,22,23,24,25). The zero-order chi connectivity index (χ0) is 17.4. The SMILES string of the molecule is FC(F)(F)c1cnc(NC2CCC2)nc1Nc1cnc2[nH]ccc2c1. The molecule has 0 spiro atoms. The molecule has 3 aromatic heterocycles. The number of alkyl halides is 3. The van der Waals surface area contributed by atoms with E-state index in [4.69, 9.17) is 0 Å². The Morgan fingerprint density at radius 3 is 2.72 bits per heavy atom. The molecule has 0 aliphatic heterocycles. The van der Waals surface area contributed by atoms with Crippen LogP contribution >= 0.6 is 0 Å². The summed E-state index contributed by atoms with van der Waals surface area (Å²) in [5.74, 6) is -0.100. The smallest absolute Gasteiger partial charge is 0.351 e. The van der Waals surface area contributed by atoms with Crippen LogP contribution in [0.3, 0.4) is 0 Å². The maximum Gasteiger partial charge on any atom is 0.421 e. The Hall–Kier alpha value is -2.84. The van der Waals surface area contributed by atoms with E-state index < -0.39 is 11.7 Å². The lowest BCUT2D eigenvalue weighted by molar-refractivity contribution is -0.137. The first-order valence-electron chi connectivity index (χ1n) is 7.90. The zero-order valence-electron chi connectivity index (χ0n) is 13.1. The van der Waals surface area contributed by atoms with Gasteiger partial charge >= 0.3 is 6.18 Å². The number of halogens is 3. The van der Waals surface area contributed by atoms with E-state index in [9.17, 15) is 13.2 Å². The quantitative estimate of drug-likeness (QED) is 0.662. The average molecular weight is 348 g/mol. The fourth-order valence-electron chi connectivity index (χ4n) is 2.63. The molecule has 25 heavy (non-hydrogen) atoms. The molecule has 1 aliphatic rings. The number of anilines is 3. The van der Waals surface area contributed by atoms with Gasteiger partial charge in [0, 0.05) is 23.8 Å². The lowest BCUT2D eigenvalue weighted by Crippen LogP contribution is -2.28. The minimum atomic E-state index is -4.55. The van der Waals surface area contributed by atoms with Gasteiger partial charge in [0.05, 0.1) is 11.9 Å². The number of pyridine rings is 1. The molecule has 1 fully saturated rings. The molecule has 0 atom stereocenters. The first kappa shape index (κ1) is 15.7. The van der Waals surface area contributed by atoms with Crippen molar-refractivity contribution < 1.29 is 13.2 Å². The van der Waals surface area contributed by atoms with Crippen LogP contribution in [0.2, 0.25) is 0 Å². The van der Waals surface area contributed by atoms with Crippen LogP contribution < -0.4 is 10.6 Å². The van der Waals surface area contributed by atoms with Crippen molar-refractivity contribution in [3.8, 4) is 0 Å². The Morgan fingerprint density at radius 2 is 2.00 bits per heavy atom. The number of aromatic nitrogens is 4. The topological polar surface area (TPSA) is 78.5 Å². The first-order valence-corrected chi connectivity index (χ1v) is 7.90. The minimum Gasteiger partial charge on any atom is -0.351 e. The summed E-state index contributed by atoms with van der Waals surface area (Å²) in [6, 6.07) is 3.73. The van der Waals surface area contributed by atoms with Gasteiger partial charge in [0.1, 0.15) is 17.0 Å². The summed E-state index contributed by atoms with van der Waals surface area (Å²) in [4.78, 5) is 14.9. The highest BCUT2D eigenvalue weighted by Gasteiger charge is 2.35. The van der Waals surface area contributed by atoms with Crippen molar-refractivity contribution in [2.45, 2.75) is 31.5 Å². The Balaban J connectivity index is 1.67. The summed E-state index contributed by atoms with van der Waals surface area (Å²) in [5.41, 5.74) is 0.170. The molecule has 9 heteroatoms. The monoisotopic (exact) mass is 348 g/mol. The average Bonchev–Trinajstić information content (AvgIpc) is 2.97.